The molecule has 6 aromatic carbocycles. The van der Waals surface area contributed by atoms with Gasteiger partial charge in [0.2, 0.25) is 0 Å². The molecular weight excluding hydrogens is 1040 g/mol. The van der Waals surface area contributed by atoms with Crippen molar-refractivity contribution in [2.45, 2.75) is 64.2 Å². The van der Waals surface area contributed by atoms with Gasteiger partial charge < -0.3 is 4.84 Å². The average molecular weight is 1070 g/mol. The molecule has 8 aromatic rings. The molecule has 0 saturated carbocycles. The number of aryl methyl sites for hydroxylation is 5. The number of nitrogens with one attached hydrogen (secondary N) is 2. The summed E-state index contributed by atoms with van der Waals surface area (Å²) in [6.45, 7) is 9.25. The second-order valence-electron chi connectivity index (χ2n) is 14.2. The van der Waals surface area contributed by atoms with E-state index in [4.69, 9.17) is 55.5 Å². The fraction of sp³-hybridized carbons (Fsp3) is 0.136. The predicted octanol–water partition coefficient (Wildman–Crippen LogP) is 15.9. The molecule has 0 aliphatic carbocycles. The van der Waals surface area contributed by atoms with Crippen LogP contribution in [-0.4, -0.2) is 22.6 Å². The van der Waals surface area contributed by atoms with E-state index in [2.05, 4.69) is 32.7 Å². The number of benzene rings is 6. The van der Waals surface area contributed by atoms with E-state index >= 15 is 0 Å². The summed E-state index contributed by atoms with van der Waals surface area (Å²) in [5.74, 6) is 0.258. The van der Waals surface area contributed by atoms with Crippen molar-refractivity contribution < 1.29 is 30.6 Å². The van der Waals surface area contributed by atoms with Gasteiger partial charge in [0.05, 0.1) is 72.1 Å². The van der Waals surface area contributed by atoms with Crippen LogP contribution in [0.4, 0.5) is 24.5 Å². The lowest BCUT2D eigenvalue weighted by Gasteiger charge is -2.14. The van der Waals surface area contributed by atoms with Crippen LogP contribution < -0.4 is 15.0 Å². The zero-order chi connectivity index (χ0) is 47.4. The summed E-state index contributed by atoms with van der Waals surface area (Å²) in [5, 5.41) is 1.50. The molecule has 0 amide bonds. The van der Waals surface area contributed by atoms with Gasteiger partial charge in [-0.25, -0.2) is 23.9 Å². The number of anilines is 2. The standard InChI is InChI=1S/C22H15Cl2F3N2OS2.C22H18Cl2N2O2S3.OS/c1-11-3-6-19-17(7-11)28-21(31-19)32-20-15(23)9-14(10-16(20)24)29-30-18-5-4-13(8-12(18)2)22(25,26)27;1-12-5-7-20(14(3)8-12)31(27,28)26-15-10-16(23)21(17(24)11-15)30-22-25-18-9-13(2)4-6-19(18)29-22;1-2/h3-10,29H,1-2H3;4-11,26H,1-3H3;. The maximum Gasteiger partial charge on any atom is 0.416 e. The number of aromatic nitrogens is 2. The minimum Gasteiger partial charge on any atom is -0.382 e. The molecule has 0 fully saturated rings. The van der Waals surface area contributed by atoms with E-state index in [1.54, 1.807) is 66.0 Å². The van der Waals surface area contributed by atoms with Crippen LogP contribution in [0.1, 0.15) is 33.4 Å². The van der Waals surface area contributed by atoms with Gasteiger partial charge in [-0.1, -0.05) is 99.8 Å². The van der Waals surface area contributed by atoms with E-state index in [0.717, 1.165) is 57.9 Å². The fourth-order valence-corrected chi connectivity index (χ4v) is 12.8. The molecule has 0 spiro atoms. The Hall–Kier alpha value is -3.88. The van der Waals surface area contributed by atoms with Crippen LogP contribution in [-0.2, 0) is 28.7 Å². The van der Waals surface area contributed by atoms with Crippen molar-refractivity contribution >= 4 is 147 Å². The Morgan fingerprint density at radius 2 is 1.08 bits per heavy atom. The summed E-state index contributed by atoms with van der Waals surface area (Å²) in [5.41, 5.74) is 8.84. The van der Waals surface area contributed by atoms with E-state index in [1.807, 2.05) is 63.2 Å². The Kier molecular flexibility index (Phi) is 16.6. The fourth-order valence-electron chi connectivity index (χ4n) is 6.09. The number of hydrogen-bond acceptors (Lipinski definition) is 12. The number of rotatable bonds is 10. The summed E-state index contributed by atoms with van der Waals surface area (Å²) in [7, 11) is -3.77. The third-order valence-corrected chi connectivity index (χ3v) is 16.7. The van der Waals surface area contributed by atoms with Gasteiger partial charge in [0.25, 0.3) is 10.0 Å². The predicted molar refractivity (Wildman–Crippen MR) is 265 cm³/mol. The van der Waals surface area contributed by atoms with Crippen LogP contribution in [0.15, 0.2) is 120 Å². The molecule has 0 atom stereocenters. The molecule has 2 N–H and O–H groups in total. The van der Waals surface area contributed by atoms with Crippen LogP contribution in [0, 0.1) is 34.6 Å². The Morgan fingerprint density at radius 1 is 0.615 bits per heavy atom. The summed E-state index contributed by atoms with van der Waals surface area (Å²) in [4.78, 5) is 16.2. The highest BCUT2D eigenvalue weighted by Gasteiger charge is 2.31. The van der Waals surface area contributed by atoms with Crippen molar-refractivity contribution in [1.82, 2.24) is 9.97 Å². The number of fused-ring (bicyclic) bond motifs is 2. The van der Waals surface area contributed by atoms with Crippen molar-refractivity contribution in [3.8, 4) is 5.75 Å². The molecule has 0 radical (unpaired) electrons. The van der Waals surface area contributed by atoms with Gasteiger partial charge in [-0.3, -0.25) is 4.72 Å². The highest BCUT2D eigenvalue weighted by Crippen LogP contribution is 2.45. The molecule has 21 heteroatoms. The maximum absolute atomic E-state index is 12.8. The van der Waals surface area contributed by atoms with Gasteiger partial charge >= 0.3 is 6.18 Å². The van der Waals surface area contributed by atoms with Crippen LogP contribution >= 0.6 is 92.6 Å². The first-order valence-corrected chi connectivity index (χ1v) is 25.3. The van der Waals surface area contributed by atoms with Crippen LogP contribution in [0.5, 0.6) is 5.75 Å². The monoisotopic (exact) mass is 1070 g/mol. The molecule has 0 bridgehead atoms. The third-order valence-electron chi connectivity index (χ3n) is 9.08. The van der Waals surface area contributed by atoms with Crippen LogP contribution in [0.25, 0.3) is 20.4 Å². The zero-order valence-corrected chi connectivity index (χ0v) is 42.3. The second kappa shape index (κ2) is 21.4. The molecular formula is C44H33Cl4F3N4O4S6. The lowest BCUT2D eigenvalue weighted by molar-refractivity contribution is -0.137. The van der Waals surface area contributed by atoms with Crippen LogP contribution in [0.2, 0.25) is 20.1 Å². The molecule has 65 heavy (non-hydrogen) atoms. The van der Waals surface area contributed by atoms with Gasteiger partial charge in [-0.2, -0.15) is 17.4 Å². The van der Waals surface area contributed by atoms with Crippen molar-refractivity contribution in [3.63, 3.8) is 0 Å². The highest BCUT2D eigenvalue weighted by molar-refractivity contribution is 8.01. The average Bonchev–Trinajstić information content (AvgIpc) is 3.83. The van der Waals surface area contributed by atoms with Gasteiger partial charge in [0.1, 0.15) is 0 Å². The molecule has 2 heterocycles. The van der Waals surface area contributed by atoms with E-state index in [-0.39, 0.29) is 10.6 Å². The van der Waals surface area contributed by atoms with Gasteiger partial charge in [-0.05, 0) is 130 Å². The first-order chi connectivity index (χ1) is 30.7. The Labute approximate surface area is 414 Å². The summed E-state index contributed by atoms with van der Waals surface area (Å²) in [6.07, 6.45) is -4.41. The van der Waals surface area contributed by atoms with E-state index in [0.29, 0.717) is 52.4 Å². The lowest BCUT2D eigenvalue weighted by atomic mass is 10.1. The minimum atomic E-state index is -4.41. The summed E-state index contributed by atoms with van der Waals surface area (Å²) < 4.78 is 78.3. The van der Waals surface area contributed by atoms with E-state index < -0.39 is 21.8 Å². The smallest absolute Gasteiger partial charge is 0.382 e. The quantitative estimate of drug-likeness (QED) is 0.129. The number of nitrogens with zero attached hydrogens (tertiary/aromatic N) is 2. The highest BCUT2D eigenvalue weighted by atomic mass is 35.5. The third kappa shape index (κ3) is 12.8. The van der Waals surface area contributed by atoms with Gasteiger partial charge in [-0.15, -0.1) is 22.7 Å². The summed E-state index contributed by atoms with van der Waals surface area (Å²) in [6, 6.07) is 27.0. The molecule has 0 aliphatic heterocycles. The lowest BCUT2D eigenvalue weighted by Crippen LogP contribution is -2.14. The van der Waals surface area contributed by atoms with Crippen molar-refractivity contribution in [1.29, 1.82) is 0 Å². The Morgan fingerprint density at radius 3 is 1.54 bits per heavy atom. The number of hydrogen-bond donors (Lipinski definition) is 2. The number of sulfonamides is 1. The second-order valence-corrected chi connectivity index (χ2v) is 22.1. The number of thiazole rings is 2. The first kappa shape index (κ1) is 50.5. The SMILES string of the molecule is Cc1ccc(S(=O)(=O)Nc2cc(Cl)c(Sc3nc4cc(C)ccc4s3)c(Cl)c2)c(C)c1.Cc1ccc2sc(Sc3c(Cl)cc(NOc4ccc(C(F)(F)F)cc4C)cc3Cl)nc2c1.O=S. The molecule has 0 unspecified atom stereocenters. The first-order valence-electron chi connectivity index (χ1n) is 18.7. The molecule has 8 nitrogen and oxygen atoms in total. The molecule has 2 aromatic heterocycles. The molecule has 0 aliphatic rings. The molecule has 338 valence electrons. The Bertz CT molecular complexity index is 3130. The topological polar surface area (TPSA) is 110 Å². The van der Waals surface area contributed by atoms with Crippen molar-refractivity contribution in [2.75, 3.05) is 10.2 Å². The zero-order valence-electron chi connectivity index (χ0n) is 34.4. The van der Waals surface area contributed by atoms with Crippen molar-refractivity contribution in [3.05, 3.63) is 151 Å². The van der Waals surface area contributed by atoms with Crippen molar-refractivity contribution in [2.24, 2.45) is 0 Å². The minimum absolute atomic E-state index is 0.216. The largest absolute Gasteiger partial charge is 0.416 e. The van der Waals surface area contributed by atoms with E-state index in [9.17, 15) is 21.6 Å². The molecule has 8 rings (SSSR count). The summed E-state index contributed by atoms with van der Waals surface area (Å²) >= 11 is 34.5. The maximum atomic E-state index is 12.8. The molecule has 0 saturated heterocycles. The van der Waals surface area contributed by atoms with E-state index in [1.165, 1.54) is 36.5 Å². The number of alkyl halides is 3. The normalized spacial score (nSPS) is 11.4. The van der Waals surface area contributed by atoms with Crippen LogP contribution in [0.3, 0.4) is 0 Å². The number of halogens is 7. The van der Waals surface area contributed by atoms with Gasteiger partial charge in [0, 0.05) is 0 Å². The Balaban J connectivity index is 0.000000208. The van der Waals surface area contributed by atoms with Gasteiger partial charge in [0.15, 0.2) is 27.0 Å².